The Balaban J connectivity index is 1.63. The number of carbonyl (C=O) groups excluding carboxylic acids is 1. The highest BCUT2D eigenvalue weighted by Crippen LogP contribution is 2.23. The molecule has 0 radical (unpaired) electrons. The van der Waals surface area contributed by atoms with E-state index < -0.39 is 10.0 Å². The Labute approximate surface area is 177 Å². The van der Waals surface area contributed by atoms with Crippen LogP contribution < -0.4 is 18.7 Å². The maximum absolute atomic E-state index is 12.8. The average Bonchev–Trinajstić information content (AvgIpc) is 2.77. The lowest BCUT2D eigenvalue weighted by Crippen LogP contribution is -2.52. The third-order valence-electron chi connectivity index (χ3n) is 5.11. The van der Waals surface area contributed by atoms with E-state index >= 15 is 0 Å². The lowest BCUT2D eigenvalue weighted by atomic mass is 10.2. The van der Waals surface area contributed by atoms with E-state index in [1.807, 2.05) is 24.3 Å². The van der Waals surface area contributed by atoms with Crippen molar-refractivity contribution in [3.63, 3.8) is 0 Å². The van der Waals surface area contributed by atoms with Crippen molar-refractivity contribution in [2.24, 2.45) is 0 Å². The van der Waals surface area contributed by atoms with Crippen LogP contribution in [0.1, 0.15) is 0 Å². The summed E-state index contributed by atoms with van der Waals surface area (Å²) in [6.45, 7) is 2.20. The summed E-state index contributed by atoms with van der Waals surface area (Å²) in [4.78, 5) is 16.7. The van der Waals surface area contributed by atoms with Crippen molar-refractivity contribution >= 4 is 27.3 Å². The molecular weight excluding hydrogens is 406 g/mol. The molecule has 162 valence electrons. The molecule has 1 saturated heterocycles. The van der Waals surface area contributed by atoms with Crippen molar-refractivity contribution in [3.05, 3.63) is 48.5 Å². The summed E-state index contributed by atoms with van der Waals surface area (Å²) in [6.07, 6.45) is 1.10. The van der Waals surface area contributed by atoms with E-state index in [1.54, 1.807) is 43.4 Å². The topological polar surface area (TPSA) is 79.4 Å². The van der Waals surface area contributed by atoms with Gasteiger partial charge in [0.2, 0.25) is 15.9 Å². The molecule has 1 heterocycles. The number of rotatable bonds is 7. The van der Waals surface area contributed by atoms with Gasteiger partial charge in [-0.2, -0.15) is 0 Å². The fraction of sp³-hybridized carbons (Fsp3) is 0.381. The normalized spacial score (nSPS) is 14.4. The number of carbonyl (C=O) groups is 1. The Morgan fingerprint density at radius 1 is 0.900 bits per heavy atom. The van der Waals surface area contributed by atoms with Crippen molar-refractivity contribution < 1.29 is 22.7 Å². The molecule has 30 heavy (non-hydrogen) atoms. The minimum Gasteiger partial charge on any atom is -0.497 e. The molecule has 9 heteroatoms. The smallest absolute Gasteiger partial charge is 0.243 e. The second-order valence-corrected chi connectivity index (χ2v) is 8.94. The zero-order valence-corrected chi connectivity index (χ0v) is 18.3. The van der Waals surface area contributed by atoms with Crippen LogP contribution in [-0.4, -0.2) is 72.4 Å². The van der Waals surface area contributed by atoms with E-state index in [-0.39, 0.29) is 12.5 Å². The highest BCUT2D eigenvalue weighted by atomic mass is 32.2. The third-order valence-corrected chi connectivity index (χ3v) is 6.25. The van der Waals surface area contributed by atoms with E-state index in [1.165, 1.54) is 0 Å². The molecule has 3 rings (SSSR count). The SMILES string of the molecule is COc1ccc(N2CCN(C(=O)CN(c3ccc(OC)cc3)S(C)(=O)=O)CC2)cc1. The van der Waals surface area contributed by atoms with Gasteiger partial charge in [0.15, 0.2) is 0 Å². The van der Waals surface area contributed by atoms with Gasteiger partial charge in [-0.15, -0.1) is 0 Å². The largest absolute Gasteiger partial charge is 0.497 e. The van der Waals surface area contributed by atoms with Crippen LogP contribution in [0.4, 0.5) is 11.4 Å². The summed E-state index contributed by atoms with van der Waals surface area (Å²) in [6, 6.07) is 14.4. The van der Waals surface area contributed by atoms with Crippen LogP contribution in [0.5, 0.6) is 11.5 Å². The number of amides is 1. The van der Waals surface area contributed by atoms with Crippen molar-refractivity contribution in [2.45, 2.75) is 0 Å². The zero-order chi connectivity index (χ0) is 21.7. The molecule has 0 bridgehead atoms. The minimum absolute atomic E-state index is 0.217. The van der Waals surface area contributed by atoms with E-state index in [9.17, 15) is 13.2 Å². The molecule has 0 N–H and O–H groups in total. The number of hydrogen-bond acceptors (Lipinski definition) is 6. The second kappa shape index (κ2) is 9.25. The molecule has 8 nitrogen and oxygen atoms in total. The molecule has 0 atom stereocenters. The average molecular weight is 434 g/mol. The first-order chi connectivity index (χ1) is 14.3. The highest BCUT2D eigenvalue weighted by Gasteiger charge is 2.26. The molecule has 1 fully saturated rings. The standard InChI is InChI=1S/C21H27N3O5S/c1-28-19-8-4-17(5-9-19)22-12-14-23(15-13-22)21(25)16-24(30(3,26)27)18-6-10-20(29-2)11-7-18/h4-11H,12-16H2,1-3H3. The molecule has 0 unspecified atom stereocenters. The van der Waals surface area contributed by atoms with E-state index in [2.05, 4.69) is 4.90 Å². The molecule has 0 spiro atoms. The Morgan fingerprint density at radius 2 is 1.40 bits per heavy atom. The predicted octanol–water partition coefficient (Wildman–Crippen LogP) is 1.82. The summed E-state index contributed by atoms with van der Waals surface area (Å²) in [5, 5.41) is 0. The number of sulfonamides is 1. The van der Waals surface area contributed by atoms with Crippen LogP contribution in [0, 0.1) is 0 Å². The van der Waals surface area contributed by atoms with E-state index in [4.69, 9.17) is 9.47 Å². The number of ether oxygens (including phenoxy) is 2. The van der Waals surface area contributed by atoms with E-state index in [0.717, 1.165) is 22.0 Å². The van der Waals surface area contributed by atoms with Gasteiger partial charge in [0.25, 0.3) is 0 Å². The van der Waals surface area contributed by atoms with Crippen LogP contribution in [-0.2, 0) is 14.8 Å². The van der Waals surface area contributed by atoms with Gasteiger partial charge < -0.3 is 19.3 Å². The Bertz CT molecular complexity index is 953. The number of benzene rings is 2. The number of methoxy groups -OCH3 is 2. The fourth-order valence-corrected chi connectivity index (χ4v) is 4.23. The van der Waals surface area contributed by atoms with Crippen LogP contribution in [0.2, 0.25) is 0 Å². The van der Waals surface area contributed by atoms with Crippen LogP contribution >= 0.6 is 0 Å². The lowest BCUT2D eigenvalue weighted by molar-refractivity contribution is -0.129. The number of hydrogen-bond donors (Lipinski definition) is 0. The first-order valence-corrected chi connectivity index (χ1v) is 11.4. The molecule has 2 aromatic rings. The Kier molecular flexibility index (Phi) is 6.71. The number of nitrogens with zero attached hydrogens (tertiary/aromatic N) is 3. The van der Waals surface area contributed by atoms with Crippen LogP contribution in [0.3, 0.4) is 0 Å². The first-order valence-electron chi connectivity index (χ1n) is 9.60. The van der Waals surface area contributed by atoms with Gasteiger partial charge in [-0.3, -0.25) is 9.10 Å². The van der Waals surface area contributed by atoms with E-state index in [0.29, 0.717) is 37.6 Å². The first kappa shape index (κ1) is 21.8. The number of anilines is 2. The van der Waals surface area contributed by atoms with Crippen molar-refractivity contribution in [1.29, 1.82) is 0 Å². The summed E-state index contributed by atoms with van der Waals surface area (Å²) >= 11 is 0. The summed E-state index contributed by atoms with van der Waals surface area (Å²) in [5.41, 5.74) is 1.50. The van der Waals surface area contributed by atoms with Crippen LogP contribution in [0.25, 0.3) is 0 Å². The lowest BCUT2D eigenvalue weighted by Gasteiger charge is -2.37. The molecule has 1 aliphatic rings. The maximum atomic E-state index is 12.8. The van der Waals surface area contributed by atoms with Gasteiger partial charge in [-0.05, 0) is 48.5 Å². The summed E-state index contributed by atoms with van der Waals surface area (Å²) in [7, 11) is -0.439. The minimum atomic E-state index is -3.61. The van der Waals surface area contributed by atoms with Gasteiger partial charge >= 0.3 is 0 Å². The molecular formula is C21H27N3O5S. The van der Waals surface area contributed by atoms with Crippen molar-refractivity contribution in [3.8, 4) is 11.5 Å². The maximum Gasteiger partial charge on any atom is 0.243 e. The van der Waals surface area contributed by atoms with Gasteiger partial charge in [0.1, 0.15) is 18.0 Å². The molecule has 0 aliphatic carbocycles. The van der Waals surface area contributed by atoms with Gasteiger partial charge in [0.05, 0.1) is 26.2 Å². The predicted molar refractivity (Wildman–Crippen MR) is 117 cm³/mol. The monoisotopic (exact) mass is 433 g/mol. The van der Waals surface area contributed by atoms with Crippen LogP contribution in [0.15, 0.2) is 48.5 Å². The van der Waals surface area contributed by atoms with Gasteiger partial charge in [-0.1, -0.05) is 0 Å². The fourth-order valence-electron chi connectivity index (χ4n) is 3.38. The molecule has 0 aromatic heterocycles. The molecule has 1 amide bonds. The van der Waals surface area contributed by atoms with Crippen molar-refractivity contribution in [1.82, 2.24) is 4.90 Å². The molecule has 1 aliphatic heterocycles. The Hall–Kier alpha value is -2.94. The molecule has 2 aromatic carbocycles. The molecule has 0 saturated carbocycles. The summed E-state index contributed by atoms with van der Waals surface area (Å²) < 4.78 is 36.0. The second-order valence-electron chi connectivity index (χ2n) is 7.03. The third kappa shape index (κ3) is 5.15. The highest BCUT2D eigenvalue weighted by molar-refractivity contribution is 7.92. The van der Waals surface area contributed by atoms with Gasteiger partial charge in [-0.25, -0.2) is 8.42 Å². The number of piperazine rings is 1. The zero-order valence-electron chi connectivity index (χ0n) is 17.4. The quantitative estimate of drug-likeness (QED) is 0.663. The van der Waals surface area contributed by atoms with Crippen molar-refractivity contribution in [2.75, 3.05) is 62.4 Å². The van der Waals surface area contributed by atoms with Gasteiger partial charge in [0, 0.05) is 31.9 Å². The summed E-state index contributed by atoms with van der Waals surface area (Å²) in [5.74, 6) is 1.20. The Morgan fingerprint density at radius 3 is 1.87 bits per heavy atom.